The maximum absolute atomic E-state index is 13.1. The molecule has 0 aliphatic carbocycles. The van der Waals surface area contributed by atoms with Gasteiger partial charge in [0.2, 0.25) is 5.95 Å². The Hall–Kier alpha value is -3.02. The van der Waals surface area contributed by atoms with Gasteiger partial charge in [-0.15, -0.1) is 11.3 Å². The molecule has 1 fully saturated rings. The van der Waals surface area contributed by atoms with E-state index < -0.39 is 22.6 Å². The van der Waals surface area contributed by atoms with Crippen LogP contribution in [0.15, 0.2) is 35.8 Å². The number of benzene rings is 1. The van der Waals surface area contributed by atoms with Crippen molar-refractivity contribution in [1.29, 1.82) is 0 Å². The normalized spacial score (nSPS) is 20.3. The van der Waals surface area contributed by atoms with E-state index in [9.17, 15) is 14.9 Å². The molecule has 0 bridgehead atoms. The van der Waals surface area contributed by atoms with Gasteiger partial charge in [0.15, 0.2) is 0 Å². The molecule has 4 rings (SSSR count). The monoisotopic (exact) mass is 505 g/mol. The topological polar surface area (TPSA) is 120 Å². The first-order valence-electron chi connectivity index (χ1n) is 10.7. The van der Waals surface area contributed by atoms with E-state index in [4.69, 9.17) is 21.1 Å². The molecule has 1 N–H and O–H groups in total. The number of anilines is 1. The lowest BCUT2D eigenvalue weighted by atomic mass is 9.85. The summed E-state index contributed by atoms with van der Waals surface area (Å²) in [6.45, 7) is 2.35. The number of nitro groups is 1. The molecule has 2 unspecified atom stereocenters. The number of hydrogen-bond donors (Lipinski definition) is 1. The molecule has 1 saturated heterocycles. The second kappa shape index (κ2) is 10.1. The quantitative estimate of drug-likeness (QED) is 0.278. The van der Waals surface area contributed by atoms with E-state index in [-0.39, 0.29) is 38.5 Å². The van der Waals surface area contributed by atoms with Gasteiger partial charge in [0.05, 0.1) is 25.2 Å². The fourth-order valence-corrected chi connectivity index (χ4v) is 5.08. The van der Waals surface area contributed by atoms with Crippen molar-refractivity contribution < 1.29 is 19.2 Å². The SMILES string of the molecule is CCOC(=O)C1(NCc2ccc(OC)c(Cl)c2)CCN(c2ncc3ccsc3n2)C([N+](=O)[O-])C1. The molecule has 0 radical (unpaired) electrons. The van der Waals surface area contributed by atoms with E-state index in [0.29, 0.717) is 10.8 Å². The molecule has 180 valence electrons. The number of rotatable bonds is 8. The Balaban J connectivity index is 1.60. The summed E-state index contributed by atoms with van der Waals surface area (Å²) >= 11 is 7.67. The molecule has 3 heterocycles. The van der Waals surface area contributed by atoms with Crippen molar-refractivity contribution in [2.24, 2.45) is 0 Å². The van der Waals surface area contributed by atoms with E-state index >= 15 is 0 Å². The highest BCUT2D eigenvalue weighted by atomic mass is 35.5. The van der Waals surface area contributed by atoms with Gasteiger partial charge in [-0.25, -0.2) is 9.97 Å². The first-order valence-corrected chi connectivity index (χ1v) is 12.0. The Bertz CT molecular complexity index is 1210. The number of fused-ring (bicyclic) bond motifs is 1. The van der Waals surface area contributed by atoms with Crippen molar-refractivity contribution in [2.45, 2.75) is 38.0 Å². The van der Waals surface area contributed by atoms with Gasteiger partial charge >= 0.3 is 5.97 Å². The fourth-order valence-electron chi connectivity index (χ4n) is 4.07. The second-order valence-corrected chi connectivity index (χ2v) is 9.19. The Morgan fingerprint density at radius 1 is 1.44 bits per heavy atom. The van der Waals surface area contributed by atoms with Gasteiger partial charge < -0.3 is 9.47 Å². The molecule has 12 heteroatoms. The summed E-state index contributed by atoms with van der Waals surface area (Å²) in [4.78, 5) is 35.9. The third-order valence-corrected chi connectivity index (χ3v) is 7.00. The van der Waals surface area contributed by atoms with Crippen LogP contribution in [0.2, 0.25) is 5.02 Å². The first kappa shape index (κ1) is 24.1. The van der Waals surface area contributed by atoms with Crippen LogP contribution in [0.4, 0.5) is 5.95 Å². The van der Waals surface area contributed by atoms with Crippen molar-refractivity contribution in [3.8, 4) is 5.75 Å². The molecular weight excluding hydrogens is 482 g/mol. The van der Waals surface area contributed by atoms with Crippen molar-refractivity contribution in [2.75, 3.05) is 25.2 Å². The Morgan fingerprint density at radius 3 is 2.97 bits per heavy atom. The van der Waals surface area contributed by atoms with Crippen LogP contribution >= 0.6 is 22.9 Å². The Labute approximate surface area is 205 Å². The summed E-state index contributed by atoms with van der Waals surface area (Å²) in [6.07, 6.45) is 0.632. The third-order valence-electron chi connectivity index (χ3n) is 5.88. The summed E-state index contributed by atoms with van der Waals surface area (Å²) in [5.74, 6) is 0.293. The average Bonchev–Trinajstić information content (AvgIpc) is 3.31. The van der Waals surface area contributed by atoms with Crippen LogP contribution in [-0.2, 0) is 16.1 Å². The molecular formula is C22H24ClN5O5S. The fraction of sp³-hybridized carbons (Fsp3) is 0.409. The zero-order valence-electron chi connectivity index (χ0n) is 18.7. The van der Waals surface area contributed by atoms with Crippen LogP contribution in [-0.4, -0.2) is 52.8 Å². The van der Waals surface area contributed by atoms with Crippen LogP contribution in [0.1, 0.15) is 25.3 Å². The lowest BCUT2D eigenvalue weighted by Gasteiger charge is -2.41. The van der Waals surface area contributed by atoms with E-state index in [1.165, 1.54) is 18.4 Å². The minimum Gasteiger partial charge on any atom is -0.495 e. The number of esters is 1. The van der Waals surface area contributed by atoms with Crippen molar-refractivity contribution >= 4 is 45.1 Å². The van der Waals surface area contributed by atoms with Crippen LogP contribution in [0.5, 0.6) is 5.75 Å². The van der Waals surface area contributed by atoms with Gasteiger partial charge in [-0.05, 0) is 42.5 Å². The molecule has 2 atom stereocenters. The number of carbonyl (C=O) groups excluding carboxylic acids is 1. The Morgan fingerprint density at radius 2 is 2.26 bits per heavy atom. The number of piperidine rings is 1. The third kappa shape index (κ3) is 4.77. The molecule has 1 aromatic carbocycles. The molecule has 0 spiro atoms. The molecule has 0 saturated carbocycles. The number of aromatic nitrogens is 2. The summed E-state index contributed by atoms with van der Waals surface area (Å²) < 4.78 is 10.5. The molecule has 34 heavy (non-hydrogen) atoms. The number of hydrogen-bond acceptors (Lipinski definition) is 10. The van der Waals surface area contributed by atoms with Gasteiger partial charge in [-0.3, -0.25) is 25.1 Å². The van der Waals surface area contributed by atoms with Gasteiger partial charge in [-0.1, -0.05) is 17.7 Å². The van der Waals surface area contributed by atoms with E-state index in [1.54, 1.807) is 30.2 Å². The predicted molar refractivity (Wildman–Crippen MR) is 129 cm³/mol. The maximum atomic E-state index is 13.1. The summed E-state index contributed by atoms with van der Waals surface area (Å²) in [7, 11) is 1.53. The first-order chi connectivity index (χ1) is 16.4. The minimum absolute atomic E-state index is 0.103. The van der Waals surface area contributed by atoms with E-state index in [2.05, 4.69) is 15.3 Å². The summed E-state index contributed by atoms with van der Waals surface area (Å²) in [5, 5.41) is 18.6. The molecule has 0 amide bonds. The number of halogens is 1. The average molecular weight is 506 g/mol. The summed E-state index contributed by atoms with van der Waals surface area (Å²) in [6, 6.07) is 7.18. The summed E-state index contributed by atoms with van der Waals surface area (Å²) in [5.41, 5.74) is -0.440. The van der Waals surface area contributed by atoms with Crippen molar-refractivity contribution in [1.82, 2.24) is 15.3 Å². The van der Waals surface area contributed by atoms with Crippen LogP contribution in [0.25, 0.3) is 10.2 Å². The largest absolute Gasteiger partial charge is 0.495 e. The van der Waals surface area contributed by atoms with Crippen molar-refractivity contribution in [3.63, 3.8) is 0 Å². The highest BCUT2D eigenvalue weighted by Crippen LogP contribution is 2.33. The highest BCUT2D eigenvalue weighted by Gasteiger charge is 2.51. The lowest BCUT2D eigenvalue weighted by Crippen LogP contribution is -2.63. The molecule has 1 aliphatic rings. The number of methoxy groups -OCH3 is 1. The number of nitrogens with zero attached hydrogens (tertiary/aromatic N) is 4. The standard InChI is InChI=1S/C22H24ClN5O5S/c1-3-33-20(29)22(25-12-14-4-5-17(32-2)16(23)10-14)7-8-27(18(11-22)28(30)31)21-24-13-15-6-9-34-19(15)26-21/h4-6,9-10,13,18,25H,3,7-8,11-12H2,1-2H3. The minimum atomic E-state index is -1.25. The van der Waals surface area contributed by atoms with Crippen LogP contribution in [0, 0.1) is 10.1 Å². The highest BCUT2D eigenvalue weighted by molar-refractivity contribution is 7.16. The smallest absolute Gasteiger partial charge is 0.326 e. The molecule has 2 aromatic heterocycles. The lowest BCUT2D eigenvalue weighted by molar-refractivity contribution is -0.526. The predicted octanol–water partition coefficient (Wildman–Crippen LogP) is 3.65. The van der Waals surface area contributed by atoms with E-state index in [1.807, 2.05) is 17.5 Å². The molecule has 1 aliphatic heterocycles. The van der Waals surface area contributed by atoms with Crippen LogP contribution < -0.4 is 15.0 Å². The number of ether oxygens (including phenoxy) is 2. The van der Waals surface area contributed by atoms with E-state index in [0.717, 1.165) is 15.8 Å². The van der Waals surface area contributed by atoms with Gasteiger partial charge in [-0.2, -0.15) is 0 Å². The number of thiophene rings is 1. The zero-order chi connectivity index (χ0) is 24.3. The molecule has 3 aromatic rings. The van der Waals surface area contributed by atoms with Gasteiger partial charge in [0, 0.05) is 29.6 Å². The number of nitrogens with one attached hydrogen (secondary N) is 1. The molecule has 10 nitrogen and oxygen atoms in total. The Kier molecular flexibility index (Phi) is 7.15. The zero-order valence-corrected chi connectivity index (χ0v) is 20.3. The number of carbonyl (C=O) groups is 1. The van der Waals surface area contributed by atoms with Gasteiger partial charge in [0.25, 0.3) is 6.17 Å². The van der Waals surface area contributed by atoms with Crippen LogP contribution in [0.3, 0.4) is 0 Å². The maximum Gasteiger partial charge on any atom is 0.326 e. The van der Waals surface area contributed by atoms with Crippen molar-refractivity contribution in [3.05, 3.63) is 56.5 Å². The second-order valence-electron chi connectivity index (χ2n) is 7.89. The van der Waals surface area contributed by atoms with Gasteiger partial charge in [0.1, 0.15) is 16.1 Å².